The predicted octanol–water partition coefficient (Wildman–Crippen LogP) is 2.27. The number of carbonyl (C=O) groups is 2. The third-order valence-electron chi connectivity index (χ3n) is 3.24. The molecule has 0 radical (unpaired) electrons. The Morgan fingerprint density at radius 3 is 2.55 bits per heavy atom. The number of esters is 1. The number of Topliss-reactive ketones (excluding diaryl/α,β-unsaturated/α-hetero) is 1. The topological polar surface area (TPSA) is 61.8 Å². The summed E-state index contributed by atoms with van der Waals surface area (Å²) in [5, 5.41) is 0. The van der Waals surface area contributed by atoms with Crippen LogP contribution < -0.4 is 9.47 Å². The average Bonchev–Trinajstić information content (AvgIpc) is 3.01. The number of carbonyl (C=O) groups excluding carboxylic acids is 2. The molecule has 5 nitrogen and oxygen atoms in total. The van der Waals surface area contributed by atoms with E-state index in [1.54, 1.807) is 18.2 Å². The summed E-state index contributed by atoms with van der Waals surface area (Å²) >= 11 is 0. The third kappa shape index (κ3) is 3.25. The predicted molar refractivity (Wildman–Crippen MR) is 77.5 cm³/mol. The van der Waals surface area contributed by atoms with Crippen molar-refractivity contribution in [3.8, 4) is 11.5 Å². The van der Waals surface area contributed by atoms with Gasteiger partial charge in [-0.05, 0) is 23.3 Å². The molecular weight excluding hydrogens is 284 g/mol. The SMILES string of the molecule is O=C(Cc1ccc2c(c1)OCO2)C(=O)OCc1ccccc1. The Bertz CT molecular complexity index is 693. The summed E-state index contributed by atoms with van der Waals surface area (Å²) in [7, 11) is 0. The van der Waals surface area contributed by atoms with Crippen molar-refractivity contribution >= 4 is 11.8 Å². The molecule has 1 aliphatic heterocycles. The minimum Gasteiger partial charge on any atom is -0.455 e. The average molecular weight is 298 g/mol. The maximum absolute atomic E-state index is 11.9. The first-order chi connectivity index (χ1) is 10.7. The lowest BCUT2D eigenvalue weighted by Crippen LogP contribution is -2.19. The highest BCUT2D eigenvalue weighted by atomic mass is 16.7. The van der Waals surface area contributed by atoms with Crippen molar-refractivity contribution in [3.05, 3.63) is 59.7 Å². The van der Waals surface area contributed by atoms with Gasteiger partial charge in [-0.15, -0.1) is 0 Å². The molecule has 112 valence electrons. The van der Waals surface area contributed by atoms with Crippen LogP contribution in [-0.4, -0.2) is 18.5 Å². The van der Waals surface area contributed by atoms with E-state index in [2.05, 4.69) is 0 Å². The van der Waals surface area contributed by atoms with E-state index in [0.717, 1.165) is 5.56 Å². The van der Waals surface area contributed by atoms with Crippen LogP contribution in [0.5, 0.6) is 11.5 Å². The monoisotopic (exact) mass is 298 g/mol. The fourth-order valence-electron chi connectivity index (χ4n) is 2.11. The van der Waals surface area contributed by atoms with Crippen LogP contribution in [0.15, 0.2) is 48.5 Å². The fraction of sp³-hybridized carbons (Fsp3) is 0.176. The zero-order valence-electron chi connectivity index (χ0n) is 11.8. The Hall–Kier alpha value is -2.82. The van der Waals surface area contributed by atoms with Crippen LogP contribution in [0.4, 0.5) is 0 Å². The van der Waals surface area contributed by atoms with Crippen molar-refractivity contribution < 1.29 is 23.8 Å². The molecule has 0 amide bonds. The zero-order valence-corrected chi connectivity index (χ0v) is 11.8. The molecule has 0 aliphatic carbocycles. The van der Waals surface area contributed by atoms with Gasteiger partial charge in [0.05, 0.1) is 0 Å². The Kier molecular flexibility index (Phi) is 4.05. The molecule has 0 aromatic heterocycles. The molecule has 2 aromatic rings. The zero-order chi connectivity index (χ0) is 15.4. The summed E-state index contributed by atoms with van der Waals surface area (Å²) in [6.07, 6.45) is -0.0235. The number of benzene rings is 2. The Morgan fingerprint density at radius 1 is 0.955 bits per heavy atom. The first kappa shape index (κ1) is 14.1. The quantitative estimate of drug-likeness (QED) is 0.626. The Labute approximate surface area is 127 Å². The van der Waals surface area contributed by atoms with E-state index in [1.165, 1.54) is 0 Å². The third-order valence-corrected chi connectivity index (χ3v) is 3.24. The molecule has 0 atom stereocenters. The maximum atomic E-state index is 11.9. The molecule has 0 fully saturated rings. The van der Waals surface area contributed by atoms with Crippen molar-refractivity contribution in [2.24, 2.45) is 0 Å². The van der Waals surface area contributed by atoms with Gasteiger partial charge in [-0.25, -0.2) is 4.79 Å². The molecule has 0 saturated carbocycles. The Morgan fingerprint density at radius 2 is 1.73 bits per heavy atom. The van der Waals surface area contributed by atoms with E-state index in [0.29, 0.717) is 17.1 Å². The largest absolute Gasteiger partial charge is 0.455 e. The minimum atomic E-state index is -0.832. The summed E-state index contributed by atoms with van der Waals surface area (Å²) in [6, 6.07) is 14.4. The van der Waals surface area contributed by atoms with Gasteiger partial charge < -0.3 is 14.2 Å². The van der Waals surface area contributed by atoms with Crippen molar-refractivity contribution in [2.75, 3.05) is 6.79 Å². The molecule has 1 aliphatic rings. The van der Waals surface area contributed by atoms with Crippen LogP contribution in [0.2, 0.25) is 0 Å². The number of ether oxygens (including phenoxy) is 3. The molecule has 5 heteroatoms. The van der Waals surface area contributed by atoms with E-state index in [-0.39, 0.29) is 19.8 Å². The second-order valence-electron chi connectivity index (χ2n) is 4.85. The number of hydrogen-bond acceptors (Lipinski definition) is 5. The molecule has 3 rings (SSSR count). The van der Waals surface area contributed by atoms with Crippen LogP contribution in [0.25, 0.3) is 0 Å². The van der Waals surface area contributed by atoms with Gasteiger partial charge in [0.2, 0.25) is 12.6 Å². The minimum absolute atomic E-state index is 0.0235. The smallest absolute Gasteiger partial charge is 0.375 e. The van der Waals surface area contributed by atoms with Gasteiger partial charge in [0.15, 0.2) is 11.5 Å². The number of fused-ring (bicyclic) bond motifs is 1. The van der Waals surface area contributed by atoms with Gasteiger partial charge >= 0.3 is 5.97 Å². The van der Waals surface area contributed by atoms with Crippen molar-refractivity contribution in [3.63, 3.8) is 0 Å². The lowest BCUT2D eigenvalue weighted by atomic mass is 10.1. The summed E-state index contributed by atoms with van der Waals surface area (Å²) in [6.45, 7) is 0.262. The van der Waals surface area contributed by atoms with Gasteiger partial charge in [0.25, 0.3) is 0 Å². The Balaban J connectivity index is 1.56. The highest BCUT2D eigenvalue weighted by molar-refractivity contribution is 6.34. The highest BCUT2D eigenvalue weighted by Crippen LogP contribution is 2.32. The standard InChI is InChI=1S/C17H14O5/c18-14(17(19)20-10-12-4-2-1-3-5-12)8-13-6-7-15-16(9-13)22-11-21-15/h1-7,9H,8,10-11H2. The molecule has 0 bridgehead atoms. The van der Waals surface area contributed by atoms with Crippen LogP contribution in [0.1, 0.15) is 11.1 Å². The molecule has 22 heavy (non-hydrogen) atoms. The van der Waals surface area contributed by atoms with Crippen LogP contribution >= 0.6 is 0 Å². The summed E-state index contributed by atoms with van der Waals surface area (Å²) in [4.78, 5) is 23.6. The van der Waals surface area contributed by atoms with Gasteiger partial charge in [0, 0.05) is 6.42 Å². The molecule has 0 saturated heterocycles. The lowest BCUT2D eigenvalue weighted by Gasteiger charge is -2.05. The first-order valence-electron chi connectivity index (χ1n) is 6.85. The molecule has 1 heterocycles. The van der Waals surface area contributed by atoms with E-state index in [9.17, 15) is 9.59 Å². The van der Waals surface area contributed by atoms with Gasteiger partial charge in [-0.2, -0.15) is 0 Å². The van der Waals surface area contributed by atoms with E-state index in [4.69, 9.17) is 14.2 Å². The normalized spacial score (nSPS) is 12.0. The van der Waals surface area contributed by atoms with Crippen LogP contribution in [0, 0.1) is 0 Å². The molecule has 0 N–H and O–H groups in total. The maximum Gasteiger partial charge on any atom is 0.375 e. The lowest BCUT2D eigenvalue weighted by molar-refractivity contribution is -0.154. The summed E-state index contributed by atoms with van der Waals surface area (Å²) < 4.78 is 15.4. The van der Waals surface area contributed by atoms with E-state index < -0.39 is 11.8 Å². The highest BCUT2D eigenvalue weighted by Gasteiger charge is 2.19. The van der Waals surface area contributed by atoms with E-state index >= 15 is 0 Å². The molecule has 0 spiro atoms. The first-order valence-corrected chi connectivity index (χ1v) is 6.85. The summed E-state index contributed by atoms with van der Waals surface area (Å²) in [5.41, 5.74) is 1.53. The van der Waals surface area contributed by atoms with Gasteiger partial charge in [-0.1, -0.05) is 36.4 Å². The molecular formula is C17H14O5. The fourth-order valence-corrected chi connectivity index (χ4v) is 2.11. The second-order valence-corrected chi connectivity index (χ2v) is 4.85. The van der Waals surface area contributed by atoms with Gasteiger partial charge in [0.1, 0.15) is 6.61 Å². The van der Waals surface area contributed by atoms with Crippen LogP contribution in [-0.2, 0) is 27.4 Å². The molecule has 2 aromatic carbocycles. The van der Waals surface area contributed by atoms with Crippen molar-refractivity contribution in [2.45, 2.75) is 13.0 Å². The number of hydrogen-bond donors (Lipinski definition) is 0. The second kappa shape index (κ2) is 6.30. The van der Waals surface area contributed by atoms with Crippen molar-refractivity contribution in [1.82, 2.24) is 0 Å². The number of ketones is 1. The van der Waals surface area contributed by atoms with Crippen molar-refractivity contribution in [1.29, 1.82) is 0 Å². The van der Waals surface area contributed by atoms with Crippen LogP contribution in [0.3, 0.4) is 0 Å². The van der Waals surface area contributed by atoms with E-state index in [1.807, 2.05) is 30.3 Å². The number of rotatable bonds is 5. The summed E-state index contributed by atoms with van der Waals surface area (Å²) in [5.74, 6) is -0.192. The van der Waals surface area contributed by atoms with Gasteiger partial charge in [-0.3, -0.25) is 4.79 Å². The molecule has 0 unspecified atom stereocenters.